The van der Waals surface area contributed by atoms with Crippen LogP contribution in [0.15, 0.2) is 18.2 Å². The summed E-state index contributed by atoms with van der Waals surface area (Å²) in [7, 11) is 0. The predicted molar refractivity (Wildman–Crippen MR) is 62.1 cm³/mol. The fourth-order valence-electron chi connectivity index (χ4n) is 2.74. The summed E-state index contributed by atoms with van der Waals surface area (Å²) in [5.74, 6) is 0. The number of aldehydes is 1. The van der Waals surface area contributed by atoms with Gasteiger partial charge < -0.3 is 4.79 Å². The summed E-state index contributed by atoms with van der Waals surface area (Å²) in [4.78, 5) is 11.4. The minimum atomic E-state index is -0.170. The normalized spacial score (nSPS) is 19.1. The molecule has 0 atom stereocenters. The average molecular weight is 202 g/mol. The maximum atomic E-state index is 11.4. The third kappa shape index (κ3) is 1.83. The maximum Gasteiger partial charge on any atom is 0.130 e. The topological polar surface area (TPSA) is 17.1 Å². The molecule has 15 heavy (non-hydrogen) atoms. The molecule has 0 saturated heterocycles. The van der Waals surface area contributed by atoms with Gasteiger partial charge in [0.2, 0.25) is 0 Å². The van der Waals surface area contributed by atoms with E-state index in [0.717, 1.165) is 12.8 Å². The lowest BCUT2D eigenvalue weighted by Crippen LogP contribution is -2.23. The van der Waals surface area contributed by atoms with Crippen LogP contribution in [-0.2, 0) is 10.2 Å². The third-order valence-electron chi connectivity index (χ3n) is 3.52. The molecule has 1 saturated carbocycles. The van der Waals surface area contributed by atoms with E-state index in [1.54, 1.807) is 0 Å². The summed E-state index contributed by atoms with van der Waals surface area (Å²) in [6, 6.07) is 6.51. The fourth-order valence-corrected chi connectivity index (χ4v) is 2.74. The predicted octanol–water partition coefficient (Wildman–Crippen LogP) is 3.31. The van der Waals surface area contributed by atoms with Crippen molar-refractivity contribution >= 4 is 6.29 Å². The second-order valence-electron chi connectivity index (χ2n) is 4.86. The highest BCUT2D eigenvalue weighted by Crippen LogP contribution is 2.39. The number of benzene rings is 1. The van der Waals surface area contributed by atoms with Crippen molar-refractivity contribution in [1.29, 1.82) is 0 Å². The van der Waals surface area contributed by atoms with Crippen LogP contribution in [0.5, 0.6) is 0 Å². The highest BCUT2D eigenvalue weighted by atomic mass is 16.1. The molecule has 1 heteroatoms. The van der Waals surface area contributed by atoms with Crippen molar-refractivity contribution < 1.29 is 4.79 Å². The molecular weight excluding hydrogens is 184 g/mol. The number of hydrogen-bond acceptors (Lipinski definition) is 1. The zero-order valence-electron chi connectivity index (χ0n) is 9.55. The van der Waals surface area contributed by atoms with E-state index in [-0.39, 0.29) is 5.41 Å². The van der Waals surface area contributed by atoms with Crippen molar-refractivity contribution in [2.75, 3.05) is 0 Å². The first kappa shape index (κ1) is 10.4. The molecule has 1 aromatic rings. The van der Waals surface area contributed by atoms with Gasteiger partial charge in [0.1, 0.15) is 6.29 Å². The summed E-state index contributed by atoms with van der Waals surface area (Å²) < 4.78 is 0. The first-order valence-electron chi connectivity index (χ1n) is 5.71. The van der Waals surface area contributed by atoms with E-state index in [4.69, 9.17) is 0 Å². The molecule has 0 unspecified atom stereocenters. The first-order chi connectivity index (χ1) is 7.16. The van der Waals surface area contributed by atoms with E-state index in [9.17, 15) is 4.79 Å². The average Bonchev–Trinajstić information content (AvgIpc) is 2.65. The quantitative estimate of drug-likeness (QED) is 0.672. The van der Waals surface area contributed by atoms with Crippen molar-refractivity contribution in [3.8, 4) is 0 Å². The molecule has 0 heterocycles. The SMILES string of the molecule is Cc1cc(C)cc(C2(C=O)CCCC2)c1. The molecule has 1 aromatic carbocycles. The Labute approximate surface area is 91.5 Å². The van der Waals surface area contributed by atoms with Crippen LogP contribution in [0, 0.1) is 13.8 Å². The standard InChI is InChI=1S/C14H18O/c1-11-7-12(2)9-13(8-11)14(10-15)5-3-4-6-14/h7-10H,3-6H2,1-2H3. The largest absolute Gasteiger partial charge is 0.302 e. The highest BCUT2D eigenvalue weighted by Gasteiger charge is 2.35. The Morgan fingerprint density at radius 3 is 2.07 bits per heavy atom. The first-order valence-corrected chi connectivity index (χ1v) is 5.71. The van der Waals surface area contributed by atoms with Crippen LogP contribution >= 0.6 is 0 Å². The van der Waals surface area contributed by atoms with Crippen LogP contribution in [-0.4, -0.2) is 6.29 Å². The van der Waals surface area contributed by atoms with Gasteiger partial charge in [-0.1, -0.05) is 42.2 Å². The minimum absolute atomic E-state index is 0.170. The van der Waals surface area contributed by atoms with Crippen molar-refractivity contribution in [3.05, 3.63) is 34.9 Å². The Bertz CT molecular complexity index is 353. The zero-order valence-corrected chi connectivity index (χ0v) is 9.55. The van der Waals surface area contributed by atoms with Crippen molar-refractivity contribution in [2.24, 2.45) is 0 Å². The molecule has 80 valence electrons. The fraction of sp³-hybridized carbons (Fsp3) is 0.500. The molecule has 1 fully saturated rings. The van der Waals surface area contributed by atoms with Gasteiger partial charge in [0.05, 0.1) is 5.41 Å². The van der Waals surface area contributed by atoms with Gasteiger partial charge in [0.15, 0.2) is 0 Å². The summed E-state index contributed by atoms with van der Waals surface area (Å²) in [6.07, 6.45) is 5.60. The van der Waals surface area contributed by atoms with Gasteiger partial charge in [-0.25, -0.2) is 0 Å². The van der Waals surface area contributed by atoms with Crippen molar-refractivity contribution in [1.82, 2.24) is 0 Å². The van der Waals surface area contributed by atoms with Crippen LogP contribution < -0.4 is 0 Å². The Hall–Kier alpha value is -1.11. The summed E-state index contributed by atoms with van der Waals surface area (Å²) in [6.45, 7) is 4.20. The molecule has 0 spiro atoms. The molecule has 1 aliphatic carbocycles. The van der Waals surface area contributed by atoms with Crippen LogP contribution in [0.1, 0.15) is 42.4 Å². The molecule has 0 aliphatic heterocycles. The lowest BCUT2D eigenvalue weighted by atomic mass is 9.79. The molecule has 1 aliphatic rings. The number of hydrogen-bond donors (Lipinski definition) is 0. The summed E-state index contributed by atoms with van der Waals surface area (Å²) in [5.41, 5.74) is 3.58. The third-order valence-corrected chi connectivity index (χ3v) is 3.52. The minimum Gasteiger partial charge on any atom is -0.302 e. The van der Waals surface area contributed by atoms with Gasteiger partial charge >= 0.3 is 0 Å². The van der Waals surface area contributed by atoms with E-state index in [1.807, 2.05) is 0 Å². The van der Waals surface area contributed by atoms with Crippen molar-refractivity contribution in [3.63, 3.8) is 0 Å². The molecular formula is C14H18O. The molecule has 0 amide bonds. The van der Waals surface area contributed by atoms with E-state index in [2.05, 4.69) is 32.0 Å². The second-order valence-corrected chi connectivity index (χ2v) is 4.86. The Balaban J connectivity index is 2.46. The number of carbonyl (C=O) groups is 1. The summed E-state index contributed by atoms with van der Waals surface area (Å²) >= 11 is 0. The molecule has 1 nitrogen and oxygen atoms in total. The van der Waals surface area contributed by atoms with E-state index in [1.165, 1.54) is 35.8 Å². The van der Waals surface area contributed by atoms with Gasteiger partial charge in [0.25, 0.3) is 0 Å². The number of aryl methyl sites for hydroxylation is 2. The molecule has 0 N–H and O–H groups in total. The van der Waals surface area contributed by atoms with E-state index >= 15 is 0 Å². The summed E-state index contributed by atoms with van der Waals surface area (Å²) in [5, 5.41) is 0. The molecule has 0 bridgehead atoms. The zero-order chi connectivity index (χ0) is 10.9. The van der Waals surface area contributed by atoms with Crippen LogP contribution in [0.25, 0.3) is 0 Å². The molecule has 2 rings (SSSR count). The number of carbonyl (C=O) groups excluding carboxylic acids is 1. The smallest absolute Gasteiger partial charge is 0.130 e. The van der Waals surface area contributed by atoms with Gasteiger partial charge in [-0.2, -0.15) is 0 Å². The van der Waals surface area contributed by atoms with Crippen LogP contribution in [0.3, 0.4) is 0 Å². The molecule has 0 radical (unpaired) electrons. The van der Waals surface area contributed by atoms with Gasteiger partial charge in [0, 0.05) is 0 Å². The number of rotatable bonds is 2. The van der Waals surface area contributed by atoms with Gasteiger partial charge in [-0.15, -0.1) is 0 Å². The molecule has 0 aromatic heterocycles. The monoisotopic (exact) mass is 202 g/mol. The van der Waals surface area contributed by atoms with Gasteiger partial charge in [-0.3, -0.25) is 0 Å². The lowest BCUT2D eigenvalue weighted by Gasteiger charge is -2.23. The second kappa shape index (κ2) is 3.80. The lowest BCUT2D eigenvalue weighted by molar-refractivity contribution is -0.112. The Morgan fingerprint density at radius 1 is 1.07 bits per heavy atom. The van der Waals surface area contributed by atoms with Crippen LogP contribution in [0.4, 0.5) is 0 Å². The van der Waals surface area contributed by atoms with Crippen molar-refractivity contribution in [2.45, 2.75) is 44.9 Å². The van der Waals surface area contributed by atoms with Crippen LogP contribution in [0.2, 0.25) is 0 Å². The maximum absolute atomic E-state index is 11.4. The Kier molecular flexibility index (Phi) is 2.64. The van der Waals surface area contributed by atoms with E-state index < -0.39 is 0 Å². The van der Waals surface area contributed by atoms with E-state index in [0.29, 0.717) is 0 Å². The highest BCUT2D eigenvalue weighted by molar-refractivity contribution is 5.69. The Morgan fingerprint density at radius 2 is 1.60 bits per heavy atom. The van der Waals surface area contributed by atoms with Gasteiger partial charge in [-0.05, 0) is 32.3 Å².